The first-order valence-corrected chi connectivity index (χ1v) is 8.50. The second kappa shape index (κ2) is 6.92. The third-order valence-corrected chi connectivity index (χ3v) is 4.39. The lowest BCUT2D eigenvalue weighted by Gasteiger charge is -2.08. The predicted molar refractivity (Wildman–Crippen MR) is 106 cm³/mol. The number of nitrogens with zero attached hydrogens (tertiary/aromatic N) is 2. The number of pyridine rings is 1. The number of aromatic amines is 1. The molecule has 6 heteroatoms. The highest BCUT2D eigenvalue weighted by atomic mass is 16.5. The minimum absolute atomic E-state index is 0.317. The molecule has 0 spiro atoms. The van der Waals surface area contributed by atoms with E-state index in [0.29, 0.717) is 17.0 Å². The van der Waals surface area contributed by atoms with E-state index in [2.05, 4.69) is 20.5 Å². The van der Waals surface area contributed by atoms with Crippen molar-refractivity contribution in [2.75, 3.05) is 7.11 Å². The fourth-order valence-electron chi connectivity index (χ4n) is 3.03. The predicted octanol–water partition coefficient (Wildman–Crippen LogP) is 3.80. The summed E-state index contributed by atoms with van der Waals surface area (Å²) in [7, 11) is 1.53. The Kier molecular flexibility index (Phi) is 4.30. The van der Waals surface area contributed by atoms with Gasteiger partial charge in [-0.3, -0.25) is 4.79 Å². The van der Waals surface area contributed by atoms with E-state index in [1.165, 1.54) is 7.11 Å². The molecular formula is C21H18N4O2. The minimum atomic E-state index is -0.317. The van der Waals surface area contributed by atoms with Gasteiger partial charge in [0.05, 0.1) is 24.4 Å². The monoisotopic (exact) mass is 358 g/mol. The minimum Gasteiger partial charge on any atom is -0.481 e. The topological polar surface area (TPSA) is 79.4 Å². The number of ether oxygens (including phenoxy) is 1. The third kappa shape index (κ3) is 3.25. The lowest BCUT2D eigenvalue weighted by molar-refractivity contribution is 0.0956. The van der Waals surface area contributed by atoms with Gasteiger partial charge in [0.1, 0.15) is 0 Å². The van der Waals surface area contributed by atoms with Crippen molar-refractivity contribution < 1.29 is 9.53 Å². The molecular weight excluding hydrogens is 340 g/mol. The standard InChI is InChI=1S/C21H18N4O2/c1-13-7-8-19-16(9-13)17(10-20(24-19)27-2)21(26)25-23-12-14-11-22-18-6-4-3-5-15(14)18/h3-12,22H,1-2H3,(H,25,26). The summed E-state index contributed by atoms with van der Waals surface area (Å²) in [5.41, 5.74) is 6.73. The van der Waals surface area contributed by atoms with Crippen LogP contribution in [-0.4, -0.2) is 29.2 Å². The number of aromatic nitrogens is 2. The maximum Gasteiger partial charge on any atom is 0.272 e. The van der Waals surface area contributed by atoms with Crippen LogP contribution in [0.1, 0.15) is 21.5 Å². The summed E-state index contributed by atoms with van der Waals surface area (Å²) < 4.78 is 5.22. The molecule has 2 aromatic carbocycles. The number of rotatable bonds is 4. The van der Waals surface area contributed by atoms with Gasteiger partial charge < -0.3 is 9.72 Å². The van der Waals surface area contributed by atoms with Crippen LogP contribution in [-0.2, 0) is 0 Å². The first kappa shape index (κ1) is 16.8. The van der Waals surface area contributed by atoms with Crippen LogP contribution in [0, 0.1) is 6.92 Å². The van der Waals surface area contributed by atoms with Crippen LogP contribution < -0.4 is 10.2 Å². The summed E-state index contributed by atoms with van der Waals surface area (Å²) in [5, 5.41) is 5.92. The van der Waals surface area contributed by atoms with Gasteiger partial charge in [0.25, 0.3) is 5.91 Å². The molecule has 0 saturated heterocycles. The molecule has 0 aliphatic heterocycles. The van der Waals surface area contributed by atoms with Crippen LogP contribution in [0.25, 0.3) is 21.8 Å². The van der Waals surface area contributed by atoms with E-state index in [4.69, 9.17) is 4.74 Å². The average Bonchev–Trinajstić information content (AvgIpc) is 3.10. The van der Waals surface area contributed by atoms with Crippen molar-refractivity contribution in [3.63, 3.8) is 0 Å². The summed E-state index contributed by atoms with van der Waals surface area (Å²) in [5.74, 6) is 0.0690. The molecule has 4 aromatic rings. The van der Waals surface area contributed by atoms with Gasteiger partial charge in [0, 0.05) is 34.1 Å². The van der Waals surface area contributed by atoms with Crippen LogP contribution in [0.4, 0.5) is 0 Å². The first-order chi connectivity index (χ1) is 13.2. The van der Waals surface area contributed by atoms with Crippen molar-refractivity contribution >= 4 is 33.9 Å². The zero-order valence-electron chi connectivity index (χ0n) is 15.0. The Balaban J connectivity index is 1.64. The number of para-hydroxylation sites is 1. The fourth-order valence-corrected chi connectivity index (χ4v) is 3.03. The quantitative estimate of drug-likeness (QED) is 0.430. The van der Waals surface area contributed by atoms with Crippen molar-refractivity contribution in [1.82, 2.24) is 15.4 Å². The third-order valence-electron chi connectivity index (χ3n) is 4.39. The smallest absolute Gasteiger partial charge is 0.272 e. The van der Waals surface area contributed by atoms with Crippen LogP contribution >= 0.6 is 0 Å². The zero-order chi connectivity index (χ0) is 18.8. The Morgan fingerprint density at radius 3 is 2.89 bits per heavy atom. The Morgan fingerprint density at radius 2 is 2.04 bits per heavy atom. The summed E-state index contributed by atoms with van der Waals surface area (Å²) in [6.45, 7) is 1.97. The molecule has 134 valence electrons. The summed E-state index contributed by atoms with van der Waals surface area (Å²) >= 11 is 0. The molecule has 2 N–H and O–H groups in total. The molecule has 1 amide bonds. The Morgan fingerprint density at radius 1 is 1.19 bits per heavy atom. The lowest BCUT2D eigenvalue weighted by Crippen LogP contribution is -2.18. The lowest BCUT2D eigenvalue weighted by atomic mass is 10.1. The largest absolute Gasteiger partial charge is 0.481 e. The highest BCUT2D eigenvalue weighted by molar-refractivity contribution is 6.07. The van der Waals surface area contributed by atoms with Crippen molar-refractivity contribution in [2.24, 2.45) is 5.10 Å². The number of hydrazone groups is 1. The number of methoxy groups -OCH3 is 1. The average molecular weight is 358 g/mol. The van der Waals surface area contributed by atoms with Gasteiger partial charge >= 0.3 is 0 Å². The summed E-state index contributed by atoms with van der Waals surface area (Å²) in [6, 6.07) is 15.3. The molecule has 0 atom stereocenters. The Bertz CT molecular complexity index is 1180. The van der Waals surface area contributed by atoms with Gasteiger partial charge in [-0.05, 0) is 25.1 Å². The molecule has 0 bridgehead atoms. The molecule has 0 radical (unpaired) electrons. The van der Waals surface area contributed by atoms with Crippen molar-refractivity contribution in [1.29, 1.82) is 0 Å². The molecule has 2 aromatic heterocycles. The van der Waals surface area contributed by atoms with E-state index in [1.54, 1.807) is 12.3 Å². The number of hydrogen-bond acceptors (Lipinski definition) is 4. The van der Waals surface area contributed by atoms with Gasteiger partial charge in [-0.1, -0.05) is 29.8 Å². The van der Waals surface area contributed by atoms with Gasteiger partial charge in [0.2, 0.25) is 5.88 Å². The van der Waals surface area contributed by atoms with Gasteiger partial charge in [-0.25, -0.2) is 10.4 Å². The number of hydrogen-bond donors (Lipinski definition) is 2. The normalized spacial score (nSPS) is 11.3. The van der Waals surface area contributed by atoms with E-state index in [0.717, 1.165) is 27.4 Å². The molecule has 0 saturated carbocycles. The number of benzene rings is 2. The molecule has 0 fully saturated rings. The number of H-pyrrole nitrogens is 1. The van der Waals surface area contributed by atoms with Crippen molar-refractivity contribution in [3.05, 3.63) is 71.4 Å². The van der Waals surface area contributed by atoms with Gasteiger partial charge in [-0.15, -0.1) is 0 Å². The molecule has 6 nitrogen and oxygen atoms in total. The number of fused-ring (bicyclic) bond motifs is 2. The first-order valence-electron chi connectivity index (χ1n) is 8.50. The van der Waals surface area contributed by atoms with E-state index in [-0.39, 0.29) is 5.91 Å². The number of nitrogens with one attached hydrogen (secondary N) is 2. The SMILES string of the molecule is COc1cc(C(=O)NN=Cc2c[nH]c3ccccc23)c2cc(C)ccc2n1. The number of carbonyl (C=O) groups excluding carboxylic acids is 1. The molecule has 0 unspecified atom stereocenters. The van der Waals surface area contributed by atoms with E-state index >= 15 is 0 Å². The maximum absolute atomic E-state index is 12.7. The Labute approximate surface area is 155 Å². The van der Waals surface area contributed by atoms with Crippen molar-refractivity contribution in [2.45, 2.75) is 6.92 Å². The second-order valence-corrected chi connectivity index (χ2v) is 6.22. The number of amides is 1. The molecule has 4 rings (SSSR count). The van der Waals surface area contributed by atoms with Crippen LogP contribution in [0.15, 0.2) is 59.8 Å². The van der Waals surface area contributed by atoms with Crippen LogP contribution in [0.5, 0.6) is 5.88 Å². The van der Waals surface area contributed by atoms with E-state index in [9.17, 15) is 4.79 Å². The zero-order valence-corrected chi connectivity index (χ0v) is 15.0. The highest BCUT2D eigenvalue weighted by Crippen LogP contribution is 2.23. The van der Waals surface area contributed by atoms with Gasteiger partial charge in [0.15, 0.2) is 0 Å². The van der Waals surface area contributed by atoms with Gasteiger partial charge in [-0.2, -0.15) is 5.10 Å². The molecule has 0 aliphatic rings. The second-order valence-electron chi connectivity index (χ2n) is 6.22. The van der Waals surface area contributed by atoms with E-state index < -0.39 is 0 Å². The van der Waals surface area contributed by atoms with Crippen LogP contribution in [0.2, 0.25) is 0 Å². The fraction of sp³-hybridized carbons (Fsp3) is 0.0952. The number of carbonyl (C=O) groups is 1. The van der Waals surface area contributed by atoms with E-state index in [1.807, 2.05) is 55.6 Å². The number of aryl methyl sites for hydroxylation is 1. The maximum atomic E-state index is 12.7. The molecule has 27 heavy (non-hydrogen) atoms. The summed E-state index contributed by atoms with van der Waals surface area (Å²) in [4.78, 5) is 20.3. The highest BCUT2D eigenvalue weighted by Gasteiger charge is 2.13. The van der Waals surface area contributed by atoms with Crippen molar-refractivity contribution in [3.8, 4) is 5.88 Å². The van der Waals surface area contributed by atoms with Crippen LogP contribution in [0.3, 0.4) is 0 Å². The summed E-state index contributed by atoms with van der Waals surface area (Å²) in [6.07, 6.45) is 3.48. The Hall–Kier alpha value is -3.67. The molecule has 2 heterocycles. The molecule has 0 aliphatic carbocycles.